The van der Waals surface area contributed by atoms with Crippen LogP contribution in [0.4, 0.5) is 0 Å². The summed E-state index contributed by atoms with van der Waals surface area (Å²) in [6, 6.07) is 10.5. The highest BCUT2D eigenvalue weighted by atomic mass is 16.7. The summed E-state index contributed by atoms with van der Waals surface area (Å²) >= 11 is 0. The third-order valence-electron chi connectivity index (χ3n) is 2.85. The summed E-state index contributed by atoms with van der Waals surface area (Å²) in [5.41, 5.74) is 2.44. The second-order valence-corrected chi connectivity index (χ2v) is 3.95. The smallest absolute Gasteiger partial charge is 0.172 e. The Morgan fingerprint density at radius 1 is 1.12 bits per heavy atom. The molecule has 0 aliphatic rings. The van der Waals surface area contributed by atoms with Gasteiger partial charge in [0.2, 0.25) is 0 Å². The normalized spacial score (nSPS) is 12.4. The predicted molar refractivity (Wildman–Crippen MR) is 66.4 cm³/mol. The topological polar surface area (TPSA) is 42.2 Å². The van der Waals surface area contributed by atoms with E-state index >= 15 is 0 Å². The van der Waals surface area contributed by atoms with Crippen LogP contribution in [0.5, 0.6) is 0 Å². The molecule has 3 nitrogen and oxygen atoms in total. The standard InChI is InChI=1S/C14H19NO2/c1-4-11-5-7-12(8-6-11)9-13(10-15)14(16-2)17-3/h5-8,13-14H,4,9H2,1-3H3. The van der Waals surface area contributed by atoms with E-state index in [1.54, 1.807) is 14.2 Å². The molecular weight excluding hydrogens is 214 g/mol. The molecule has 0 bridgehead atoms. The maximum absolute atomic E-state index is 9.11. The highest BCUT2D eigenvalue weighted by Gasteiger charge is 2.20. The molecule has 3 heteroatoms. The van der Waals surface area contributed by atoms with Gasteiger partial charge in [0.25, 0.3) is 0 Å². The average Bonchev–Trinajstić information content (AvgIpc) is 2.39. The van der Waals surface area contributed by atoms with E-state index in [2.05, 4.69) is 37.3 Å². The molecule has 1 unspecified atom stereocenters. The zero-order chi connectivity index (χ0) is 12.7. The first-order valence-electron chi connectivity index (χ1n) is 5.78. The van der Waals surface area contributed by atoms with Gasteiger partial charge in [-0.3, -0.25) is 0 Å². The summed E-state index contributed by atoms with van der Waals surface area (Å²) in [7, 11) is 3.11. The first kappa shape index (κ1) is 13.7. The Morgan fingerprint density at radius 3 is 2.06 bits per heavy atom. The molecule has 1 aromatic rings. The lowest BCUT2D eigenvalue weighted by Crippen LogP contribution is -2.25. The van der Waals surface area contributed by atoms with E-state index in [0.29, 0.717) is 6.42 Å². The molecule has 0 spiro atoms. The summed E-state index contributed by atoms with van der Waals surface area (Å²) < 4.78 is 10.2. The molecule has 0 aliphatic heterocycles. The maximum Gasteiger partial charge on any atom is 0.172 e. The number of benzene rings is 1. The van der Waals surface area contributed by atoms with Gasteiger partial charge in [-0.2, -0.15) is 5.26 Å². The quantitative estimate of drug-likeness (QED) is 0.709. The molecule has 0 amide bonds. The number of ether oxygens (including phenoxy) is 2. The van der Waals surface area contributed by atoms with Crippen molar-refractivity contribution < 1.29 is 9.47 Å². The molecule has 1 atom stereocenters. The largest absolute Gasteiger partial charge is 0.354 e. The molecular formula is C14H19NO2. The van der Waals surface area contributed by atoms with Crippen molar-refractivity contribution in [2.24, 2.45) is 5.92 Å². The Kier molecular flexibility index (Phi) is 5.68. The van der Waals surface area contributed by atoms with Crippen LogP contribution in [0, 0.1) is 17.2 Å². The summed E-state index contributed by atoms with van der Waals surface area (Å²) in [5, 5.41) is 9.11. The van der Waals surface area contributed by atoms with Crippen LogP contribution in [0.2, 0.25) is 0 Å². The van der Waals surface area contributed by atoms with Crippen molar-refractivity contribution in [3.63, 3.8) is 0 Å². The van der Waals surface area contributed by atoms with Crippen LogP contribution >= 0.6 is 0 Å². The Balaban J connectivity index is 2.70. The molecule has 0 aliphatic carbocycles. The van der Waals surface area contributed by atoms with Crippen molar-refractivity contribution in [1.29, 1.82) is 5.26 Å². The molecule has 17 heavy (non-hydrogen) atoms. The molecule has 0 radical (unpaired) electrons. The van der Waals surface area contributed by atoms with Crippen molar-refractivity contribution in [3.05, 3.63) is 35.4 Å². The van der Waals surface area contributed by atoms with Crippen molar-refractivity contribution >= 4 is 0 Å². The molecule has 1 aromatic carbocycles. The third kappa shape index (κ3) is 3.85. The van der Waals surface area contributed by atoms with Crippen LogP contribution < -0.4 is 0 Å². The van der Waals surface area contributed by atoms with Crippen LogP contribution in [-0.4, -0.2) is 20.5 Å². The minimum Gasteiger partial charge on any atom is -0.354 e. The number of hydrogen-bond acceptors (Lipinski definition) is 3. The molecule has 0 aromatic heterocycles. The van der Waals surface area contributed by atoms with Crippen LogP contribution in [-0.2, 0) is 22.3 Å². The highest BCUT2D eigenvalue weighted by molar-refractivity contribution is 5.23. The molecule has 0 heterocycles. The van der Waals surface area contributed by atoms with Gasteiger partial charge in [0.15, 0.2) is 6.29 Å². The van der Waals surface area contributed by atoms with Gasteiger partial charge in [-0.15, -0.1) is 0 Å². The molecule has 92 valence electrons. The molecule has 0 fully saturated rings. The maximum atomic E-state index is 9.11. The zero-order valence-corrected chi connectivity index (χ0v) is 10.6. The Bertz CT molecular complexity index is 363. The second kappa shape index (κ2) is 7.05. The summed E-state index contributed by atoms with van der Waals surface area (Å²) in [6.07, 6.45) is 1.21. The van der Waals surface area contributed by atoms with E-state index in [4.69, 9.17) is 14.7 Å². The van der Waals surface area contributed by atoms with E-state index < -0.39 is 6.29 Å². The van der Waals surface area contributed by atoms with Crippen LogP contribution in [0.15, 0.2) is 24.3 Å². The van der Waals surface area contributed by atoms with Gasteiger partial charge in [0.05, 0.1) is 6.07 Å². The summed E-state index contributed by atoms with van der Waals surface area (Å²) in [6.45, 7) is 2.12. The van der Waals surface area contributed by atoms with Crippen LogP contribution in [0.1, 0.15) is 18.1 Å². The number of nitrogens with zero attached hydrogens (tertiary/aromatic N) is 1. The van der Waals surface area contributed by atoms with Gasteiger partial charge in [0.1, 0.15) is 5.92 Å². The molecule has 0 saturated carbocycles. The fourth-order valence-corrected chi connectivity index (χ4v) is 1.79. The third-order valence-corrected chi connectivity index (χ3v) is 2.85. The number of rotatable bonds is 6. The Labute approximate surface area is 103 Å². The minimum absolute atomic E-state index is 0.280. The number of nitriles is 1. The van der Waals surface area contributed by atoms with E-state index in [9.17, 15) is 0 Å². The average molecular weight is 233 g/mol. The number of methoxy groups -OCH3 is 2. The first-order valence-corrected chi connectivity index (χ1v) is 5.78. The Morgan fingerprint density at radius 2 is 1.65 bits per heavy atom. The van der Waals surface area contributed by atoms with E-state index in [-0.39, 0.29) is 5.92 Å². The zero-order valence-electron chi connectivity index (χ0n) is 10.6. The van der Waals surface area contributed by atoms with Gasteiger partial charge < -0.3 is 9.47 Å². The van der Waals surface area contributed by atoms with Crippen molar-refractivity contribution in [2.45, 2.75) is 26.1 Å². The molecule has 0 saturated heterocycles. The van der Waals surface area contributed by atoms with Crippen LogP contribution in [0.25, 0.3) is 0 Å². The number of aryl methyl sites for hydroxylation is 1. The molecule has 1 rings (SSSR count). The van der Waals surface area contributed by atoms with E-state index in [0.717, 1.165) is 12.0 Å². The number of hydrogen-bond donors (Lipinski definition) is 0. The second-order valence-electron chi connectivity index (χ2n) is 3.95. The van der Waals surface area contributed by atoms with Crippen molar-refractivity contribution in [1.82, 2.24) is 0 Å². The van der Waals surface area contributed by atoms with Gasteiger partial charge in [0, 0.05) is 14.2 Å². The lowest BCUT2D eigenvalue weighted by molar-refractivity contribution is -0.124. The fourth-order valence-electron chi connectivity index (χ4n) is 1.79. The minimum atomic E-state index is -0.467. The predicted octanol–water partition coefficient (Wildman–Crippen LogP) is 2.55. The lowest BCUT2D eigenvalue weighted by Gasteiger charge is -2.18. The summed E-state index contributed by atoms with van der Waals surface area (Å²) in [5.74, 6) is -0.280. The Hall–Kier alpha value is -1.37. The van der Waals surface area contributed by atoms with Gasteiger partial charge in [-0.05, 0) is 24.0 Å². The van der Waals surface area contributed by atoms with E-state index in [1.807, 2.05) is 0 Å². The van der Waals surface area contributed by atoms with Crippen LogP contribution in [0.3, 0.4) is 0 Å². The fraction of sp³-hybridized carbons (Fsp3) is 0.500. The molecule has 0 N–H and O–H groups in total. The lowest BCUT2D eigenvalue weighted by atomic mass is 9.98. The van der Waals surface area contributed by atoms with Gasteiger partial charge >= 0.3 is 0 Å². The van der Waals surface area contributed by atoms with Gasteiger partial charge in [-0.25, -0.2) is 0 Å². The van der Waals surface area contributed by atoms with Gasteiger partial charge in [-0.1, -0.05) is 31.2 Å². The van der Waals surface area contributed by atoms with Crippen molar-refractivity contribution in [3.8, 4) is 6.07 Å². The summed E-state index contributed by atoms with van der Waals surface area (Å²) in [4.78, 5) is 0. The monoisotopic (exact) mass is 233 g/mol. The first-order chi connectivity index (χ1) is 8.24. The van der Waals surface area contributed by atoms with E-state index in [1.165, 1.54) is 5.56 Å². The SMILES string of the molecule is CCc1ccc(CC(C#N)C(OC)OC)cc1. The highest BCUT2D eigenvalue weighted by Crippen LogP contribution is 2.15. The van der Waals surface area contributed by atoms with Crippen molar-refractivity contribution in [2.75, 3.05) is 14.2 Å².